The molecule has 6 nitrogen and oxygen atoms in total. The van der Waals surface area contributed by atoms with Crippen molar-refractivity contribution in [1.29, 1.82) is 0 Å². The summed E-state index contributed by atoms with van der Waals surface area (Å²) in [7, 11) is 4.91. The molecule has 0 saturated carbocycles. The summed E-state index contributed by atoms with van der Waals surface area (Å²) in [6.07, 6.45) is 0. The standard InChI is InChI=1S/C20H27N3O3/c1-6-21-20(22-13-15-8-7-14(2)18(11-15)25-4)23-16-9-10-17(24-3)19(12-16)26-5/h7-12H,6,13H2,1-5H3,(H2,21,22,23). The minimum absolute atomic E-state index is 0.541. The van der Waals surface area contributed by atoms with Crippen molar-refractivity contribution in [3.63, 3.8) is 0 Å². The second-order valence-electron chi connectivity index (χ2n) is 5.69. The summed E-state index contributed by atoms with van der Waals surface area (Å²) in [6, 6.07) is 11.8. The van der Waals surface area contributed by atoms with Gasteiger partial charge in [0.25, 0.3) is 0 Å². The molecular formula is C20H27N3O3. The van der Waals surface area contributed by atoms with Crippen LogP contribution in [0.5, 0.6) is 17.2 Å². The molecule has 6 heteroatoms. The van der Waals surface area contributed by atoms with Crippen molar-refractivity contribution in [2.45, 2.75) is 20.4 Å². The number of hydrogen-bond donors (Lipinski definition) is 2. The molecule has 0 atom stereocenters. The number of nitrogens with zero attached hydrogens (tertiary/aromatic N) is 1. The second-order valence-corrected chi connectivity index (χ2v) is 5.69. The van der Waals surface area contributed by atoms with Crippen molar-refractivity contribution in [2.24, 2.45) is 4.99 Å². The van der Waals surface area contributed by atoms with Gasteiger partial charge in [-0.15, -0.1) is 0 Å². The number of rotatable bonds is 7. The highest BCUT2D eigenvalue weighted by molar-refractivity contribution is 5.93. The molecule has 0 radical (unpaired) electrons. The van der Waals surface area contributed by atoms with E-state index in [0.29, 0.717) is 24.0 Å². The van der Waals surface area contributed by atoms with Gasteiger partial charge in [0, 0.05) is 18.3 Å². The molecule has 2 N–H and O–H groups in total. The van der Waals surface area contributed by atoms with E-state index in [1.807, 2.05) is 44.2 Å². The SMILES string of the molecule is CCNC(=NCc1ccc(C)c(OC)c1)Nc1ccc(OC)c(OC)c1. The van der Waals surface area contributed by atoms with Crippen LogP contribution in [0.4, 0.5) is 5.69 Å². The lowest BCUT2D eigenvalue weighted by atomic mass is 10.1. The van der Waals surface area contributed by atoms with Gasteiger partial charge in [0.05, 0.1) is 27.9 Å². The van der Waals surface area contributed by atoms with Crippen LogP contribution in [-0.4, -0.2) is 33.8 Å². The van der Waals surface area contributed by atoms with Crippen molar-refractivity contribution in [3.05, 3.63) is 47.5 Å². The molecule has 0 aliphatic heterocycles. The molecule has 0 unspecified atom stereocenters. The first-order valence-electron chi connectivity index (χ1n) is 8.52. The monoisotopic (exact) mass is 357 g/mol. The summed E-state index contributed by atoms with van der Waals surface area (Å²) in [5.74, 6) is 2.91. The largest absolute Gasteiger partial charge is 0.496 e. The van der Waals surface area contributed by atoms with Gasteiger partial charge in [0.15, 0.2) is 17.5 Å². The van der Waals surface area contributed by atoms with Gasteiger partial charge in [-0.1, -0.05) is 12.1 Å². The molecule has 2 aromatic carbocycles. The third-order valence-corrected chi connectivity index (χ3v) is 3.88. The van der Waals surface area contributed by atoms with E-state index in [1.54, 1.807) is 21.3 Å². The normalized spacial score (nSPS) is 11.0. The van der Waals surface area contributed by atoms with E-state index in [1.165, 1.54) is 0 Å². The van der Waals surface area contributed by atoms with E-state index in [9.17, 15) is 0 Å². The van der Waals surface area contributed by atoms with E-state index in [-0.39, 0.29) is 0 Å². The molecule has 0 aromatic heterocycles. The van der Waals surface area contributed by atoms with Crippen LogP contribution in [0.25, 0.3) is 0 Å². The third-order valence-electron chi connectivity index (χ3n) is 3.88. The van der Waals surface area contributed by atoms with Gasteiger partial charge in [-0.05, 0) is 43.2 Å². The Kier molecular flexibility index (Phi) is 7.14. The second kappa shape index (κ2) is 9.56. The van der Waals surface area contributed by atoms with Crippen molar-refractivity contribution in [2.75, 3.05) is 33.2 Å². The van der Waals surface area contributed by atoms with Crippen LogP contribution >= 0.6 is 0 Å². The zero-order valence-electron chi connectivity index (χ0n) is 16.1. The number of aryl methyl sites for hydroxylation is 1. The first-order chi connectivity index (χ1) is 12.6. The lowest BCUT2D eigenvalue weighted by Crippen LogP contribution is -2.30. The maximum absolute atomic E-state index is 5.38. The van der Waals surface area contributed by atoms with Crippen molar-refractivity contribution >= 4 is 11.6 Å². The number of anilines is 1. The number of aliphatic imine (C=N–C) groups is 1. The number of nitrogens with one attached hydrogen (secondary N) is 2. The van der Waals surface area contributed by atoms with Crippen LogP contribution in [0.1, 0.15) is 18.1 Å². The van der Waals surface area contributed by atoms with Crippen LogP contribution < -0.4 is 24.8 Å². The van der Waals surface area contributed by atoms with Gasteiger partial charge in [-0.3, -0.25) is 0 Å². The first-order valence-corrected chi connectivity index (χ1v) is 8.52. The Balaban J connectivity index is 2.16. The Bertz CT molecular complexity index is 760. The molecule has 0 saturated heterocycles. The minimum Gasteiger partial charge on any atom is -0.496 e. The molecule has 0 aliphatic rings. The molecular weight excluding hydrogens is 330 g/mol. The summed E-state index contributed by atoms with van der Waals surface area (Å²) in [5, 5.41) is 6.53. The topological polar surface area (TPSA) is 64.1 Å². The Morgan fingerprint density at radius 3 is 2.31 bits per heavy atom. The van der Waals surface area contributed by atoms with Gasteiger partial charge in [-0.25, -0.2) is 4.99 Å². The molecule has 0 heterocycles. The van der Waals surface area contributed by atoms with Crippen molar-refractivity contribution in [3.8, 4) is 17.2 Å². The number of ether oxygens (including phenoxy) is 3. The fraction of sp³-hybridized carbons (Fsp3) is 0.350. The maximum atomic E-state index is 5.38. The van der Waals surface area contributed by atoms with Crippen molar-refractivity contribution in [1.82, 2.24) is 5.32 Å². The summed E-state index contributed by atoms with van der Waals surface area (Å²) in [5.41, 5.74) is 3.05. The van der Waals surface area contributed by atoms with Gasteiger partial charge in [0.2, 0.25) is 0 Å². The predicted molar refractivity (Wildman–Crippen MR) is 106 cm³/mol. The fourth-order valence-corrected chi connectivity index (χ4v) is 2.49. The van der Waals surface area contributed by atoms with E-state index >= 15 is 0 Å². The lowest BCUT2D eigenvalue weighted by Gasteiger charge is -2.14. The Labute approximate surface area is 155 Å². The van der Waals surface area contributed by atoms with Gasteiger partial charge in [-0.2, -0.15) is 0 Å². The predicted octanol–water partition coefficient (Wildman–Crippen LogP) is 3.60. The summed E-state index contributed by atoms with van der Waals surface area (Å²) < 4.78 is 16.0. The Hall–Kier alpha value is -2.89. The summed E-state index contributed by atoms with van der Waals surface area (Å²) >= 11 is 0. The van der Waals surface area contributed by atoms with E-state index in [0.717, 1.165) is 29.1 Å². The fourth-order valence-electron chi connectivity index (χ4n) is 2.49. The highest BCUT2D eigenvalue weighted by atomic mass is 16.5. The number of benzene rings is 2. The lowest BCUT2D eigenvalue weighted by molar-refractivity contribution is 0.355. The Morgan fingerprint density at radius 1 is 0.923 bits per heavy atom. The number of guanidine groups is 1. The smallest absolute Gasteiger partial charge is 0.196 e. The molecule has 2 rings (SSSR count). The molecule has 0 bridgehead atoms. The van der Waals surface area contributed by atoms with Crippen LogP contribution in [0.3, 0.4) is 0 Å². The summed E-state index contributed by atoms with van der Waals surface area (Å²) in [4.78, 5) is 4.65. The first kappa shape index (κ1) is 19.4. The van der Waals surface area contributed by atoms with Crippen LogP contribution in [0.2, 0.25) is 0 Å². The zero-order valence-corrected chi connectivity index (χ0v) is 16.1. The van der Waals surface area contributed by atoms with Gasteiger partial charge in [0.1, 0.15) is 5.75 Å². The van der Waals surface area contributed by atoms with E-state index in [2.05, 4.69) is 21.7 Å². The highest BCUT2D eigenvalue weighted by Crippen LogP contribution is 2.29. The molecule has 0 aliphatic carbocycles. The van der Waals surface area contributed by atoms with Gasteiger partial charge >= 0.3 is 0 Å². The average Bonchev–Trinajstić information content (AvgIpc) is 2.67. The molecule has 0 amide bonds. The minimum atomic E-state index is 0.541. The number of methoxy groups -OCH3 is 3. The summed E-state index contributed by atoms with van der Waals surface area (Å²) in [6.45, 7) is 5.35. The molecule has 0 spiro atoms. The molecule has 140 valence electrons. The quantitative estimate of drug-likeness (QED) is 0.586. The van der Waals surface area contributed by atoms with Gasteiger partial charge < -0.3 is 24.8 Å². The van der Waals surface area contributed by atoms with E-state index in [4.69, 9.17) is 14.2 Å². The molecule has 0 fully saturated rings. The highest BCUT2D eigenvalue weighted by Gasteiger charge is 2.06. The van der Waals surface area contributed by atoms with Crippen molar-refractivity contribution < 1.29 is 14.2 Å². The third kappa shape index (κ3) is 5.05. The zero-order chi connectivity index (χ0) is 18.9. The number of hydrogen-bond acceptors (Lipinski definition) is 4. The van der Waals surface area contributed by atoms with Crippen LogP contribution in [0, 0.1) is 6.92 Å². The maximum Gasteiger partial charge on any atom is 0.196 e. The average molecular weight is 357 g/mol. The van der Waals surface area contributed by atoms with Crippen LogP contribution in [0.15, 0.2) is 41.4 Å². The van der Waals surface area contributed by atoms with Crippen LogP contribution in [-0.2, 0) is 6.54 Å². The molecule has 2 aromatic rings. The van der Waals surface area contributed by atoms with E-state index < -0.39 is 0 Å². The molecule has 26 heavy (non-hydrogen) atoms. The Morgan fingerprint density at radius 2 is 1.65 bits per heavy atom.